The monoisotopic (exact) mass is 486 g/mol. The Balaban J connectivity index is 2.15. The number of benzene rings is 1. The molecule has 32 heavy (non-hydrogen) atoms. The van der Waals surface area contributed by atoms with Gasteiger partial charge in [0.1, 0.15) is 18.2 Å². The molecule has 0 bridgehead atoms. The Labute approximate surface area is 184 Å². The molecule has 0 amide bonds. The number of alkyl halides is 3. The molecular formula is C21H18ClF7O3. The van der Waals surface area contributed by atoms with Crippen LogP contribution in [0.5, 0.6) is 0 Å². The summed E-state index contributed by atoms with van der Waals surface area (Å²) in [5.41, 5.74) is -3.15. The van der Waals surface area contributed by atoms with E-state index in [1.54, 1.807) is 0 Å². The number of esters is 1. The van der Waals surface area contributed by atoms with Crippen molar-refractivity contribution in [2.45, 2.75) is 40.2 Å². The van der Waals surface area contributed by atoms with Crippen molar-refractivity contribution in [3.8, 4) is 11.8 Å². The van der Waals surface area contributed by atoms with Gasteiger partial charge >= 0.3 is 12.1 Å². The maximum atomic E-state index is 14.3. The van der Waals surface area contributed by atoms with Gasteiger partial charge in [0.2, 0.25) is 0 Å². The van der Waals surface area contributed by atoms with Crippen molar-refractivity contribution in [3.63, 3.8) is 0 Å². The van der Waals surface area contributed by atoms with E-state index in [9.17, 15) is 35.5 Å². The highest BCUT2D eigenvalue weighted by Gasteiger charge is 2.62. The van der Waals surface area contributed by atoms with Crippen LogP contribution in [0.1, 0.15) is 31.9 Å². The maximum absolute atomic E-state index is 14.3. The minimum absolute atomic E-state index is 0.219. The van der Waals surface area contributed by atoms with Gasteiger partial charge in [-0.25, -0.2) is 17.6 Å². The number of ether oxygens (including phenoxy) is 2. The Bertz CT molecular complexity index is 961. The minimum atomic E-state index is -4.80. The summed E-state index contributed by atoms with van der Waals surface area (Å²) in [6.07, 6.45) is -4.14. The molecule has 0 unspecified atom stereocenters. The number of rotatable bonds is 7. The Morgan fingerprint density at radius 2 is 1.56 bits per heavy atom. The van der Waals surface area contributed by atoms with Crippen LogP contribution in [0.4, 0.5) is 30.7 Å². The first kappa shape index (κ1) is 26.0. The summed E-state index contributed by atoms with van der Waals surface area (Å²) in [6, 6.07) is 0. The Morgan fingerprint density at radius 1 is 1.06 bits per heavy atom. The molecule has 11 heteroatoms. The Hall–Kier alpha value is -2.25. The van der Waals surface area contributed by atoms with E-state index in [0.29, 0.717) is 6.08 Å². The molecule has 3 nitrogen and oxygen atoms in total. The molecule has 1 saturated carbocycles. The molecule has 0 radical (unpaired) electrons. The zero-order valence-electron chi connectivity index (χ0n) is 17.1. The third-order valence-corrected chi connectivity index (χ3v) is 5.50. The van der Waals surface area contributed by atoms with Gasteiger partial charge in [-0.1, -0.05) is 37.4 Å². The van der Waals surface area contributed by atoms with Gasteiger partial charge in [-0.05, 0) is 18.3 Å². The van der Waals surface area contributed by atoms with E-state index in [0.717, 1.165) is 0 Å². The van der Waals surface area contributed by atoms with E-state index in [1.807, 2.05) is 0 Å². The predicted octanol–water partition coefficient (Wildman–Crippen LogP) is 5.78. The summed E-state index contributed by atoms with van der Waals surface area (Å²) in [5.74, 6) is -5.22. The second kappa shape index (κ2) is 9.71. The van der Waals surface area contributed by atoms with Gasteiger partial charge in [-0.2, -0.15) is 13.2 Å². The largest absolute Gasteiger partial charge is 0.460 e. The second-order valence-corrected chi connectivity index (χ2v) is 7.98. The van der Waals surface area contributed by atoms with Gasteiger partial charge in [-0.15, -0.1) is 5.92 Å². The lowest BCUT2D eigenvalue weighted by atomic mass is 10.1. The van der Waals surface area contributed by atoms with Crippen LogP contribution in [0.2, 0.25) is 0 Å². The standard InChI is InChI=1S/C21H18ClF7O3/c1-4-5-6-31-8-10-15(23)17(25)11(18(26)16(10)24)9-32-19(30)14-12(20(14,2)3)7-13(22)21(27,28)29/h7,12,14H,6,8-9H2,1-3H3/b13-7-/t12-,14-/m1/s1. The lowest BCUT2D eigenvalue weighted by Gasteiger charge is -2.12. The maximum Gasteiger partial charge on any atom is 0.426 e. The first-order valence-corrected chi connectivity index (χ1v) is 9.55. The van der Waals surface area contributed by atoms with Crippen LogP contribution in [0.25, 0.3) is 0 Å². The molecule has 2 atom stereocenters. The molecule has 0 aliphatic heterocycles. The molecule has 1 aliphatic rings. The summed E-state index contributed by atoms with van der Waals surface area (Å²) in [4.78, 5) is 12.3. The van der Waals surface area contributed by atoms with Crippen LogP contribution in [0.15, 0.2) is 11.1 Å². The summed E-state index contributed by atoms with van der Waals surface area (Å²) < 4.78 is 104. The molecule has 2 rings (SSSR count). The number of hydrogen-bond acceptors (Lipinski definition) is 3. The molecule has 176 valence electrons. The summed E-state index contributed by atoms with van der Waals surface area (Å²) >= 11 is 5.19. The van der Waals surface area contributed by atoms with Crippen molar-refractivity contribution >= 4 is 17.6 Å². The fourth-order valence-corrected chi connectivity index (χ4v) is 3.31. The van der Waals surface area contributed by atoms with E-state index < -0.39 is 82.0 Å². The summed E-state index contributed by atoms with van der Waals surface area (Å²) in [7, 11) is 0. The zero-order valence-corrected chi connectivity index (χ0v) is 17.9. The average Bonchev–Trinajstić information content (AvgIpc) is 3.24. The lowest BCUT2D eigenvalue weighted by molar-refractivity contribution is -0.147. The van der Waals surface area contributed by atoms with Gasteiger partial charge in [-0.3, -0.25) is 4.79 Å². The van der Waals surface area contributed by atoms with Crippen molar-refractivity contribution in [2.75, 3.05) is 6.61 Å². The van der Waals surface area contributed by atoms with Crippen LogP contribution in [-0.4, -0.2) is 18.8 Å². The molecule has 0 spiro atoms. The van der Waals surface area contributed by atoms with E-state index in [2.05, 4.69) is 11.8 Å². The van der Waals surface area contributed by atoms with Crippen LogP contribution in [-0.2, 0) is 27.5 Å². The predicted molar refractivity (Wildman–Crippen MR) is 99.9 cm³/mol. The normalized spacial score (nSPS) is 19.9. The highest BCUT2D eigenvalue weighted by atomic mass is 35.5. The SMILES string of the molecule is CC#CCOCc1c(F)c(F)c(COC(=O)[C@H]2[C@@H](/C=C(\Cl)C(F)(F)F)C2(C)C)c(F)c1F. The van der Waals surface area contributed by atoms with Crippen LogP contribution >= 0.6 is 11.6 Å². The van der Waals surface area contributed by atoms with Crippen molar-refractivity contribution in [3.05, 3.63) is 45.5 Å². The van der Waals surface area contributed by atoms with Crippen LogP contribution in [0.3, 0.4) is 0 Å². The first-order valence-electron chi connectivity index (χ1n) is 9.17. The third-order valence-electron chi connectivity index (χ3n) is 5.16. The van der Waals surface area contributed by atoms with Gasteiger partial charge in [0.05, 0.1) is 23.7 Å². The highest BCUT2D eigenvalue weighted by Crippen LogP contribution is 2.60. The van der Waals surface area contributed by atoms with Crippen molar-refractivity contribution in [2.24, 2.45) is 17.3 Å². The molecule has 0 saturated heterocycles. The minimum Gasteiger partial charge on any atom is -0.460 e. The number of carbonyl (C=O) groups excluding carboxylic acids is 1. The smallest absolute Gasteiger partial charge is 0.426 e. The number of allylic oxidation sites excluding steroid dienone is 2. The molecule has 0 heterocycles. The molecule has 1 aliphatic carbocycles. The number of hydrogen-bond donors (Lipinski definition) is 0. The summed E-state index contributed by atoms with van der Waals surface area (Å²) in [5, 5.41) is -1.42. The lowest BCUT2D eigenvalue weighted by Crippen LogP contribution is -2.15. The Kier molecular flexibility index (Phi) is 7.89. The molecule has 1 aromatic rings. The van der Waals surface area contributed by atoms with Crippen molar-refractivity contribution in [1.29, 1.82) is 0 Å². The average molecular weight is 487 g/mol. The van der Waals surface area contributed by atoms with Gasteiger partial charge in [0.25, 0.3) is 0 Å². The van der Waals surface area contributed by atoms with Crippen LogP contribution in [0, 0.1) is 52.4 Å². The van der Waals surface area contributed by atoms with Gasteiger partial charge in [0, 0.05) is 0 Å². The Morgan fingerprint density at radius 3 is 2.03 bits per heavy atom. The zero-order chi connectivity index (χ0) is 24.4. The van der Waals surface area contributed by atoms with E-state index in [-0.39, 0.29) is 6.61 Å². The fraction of sp³-hybridized carbons (Fsp3) is 0.476. The molecular weight excluding hydrogens is 469 g/mol. The summed E-state index contributed by atoms with van der Waals surface area (Å²) in [6.45, 7) is 2.26. The van der Waals surface area contributed by atoms with E-state index >= 15 is 0 Å². The van der Waals surface area contributed by atoms with Crippen LogP contribution < -0.4 is 0 Å². The van der Waals surface area contributed by atoms with Gasteiger partial charge < -0.3 is 9.47 Å². The molecule has 0 aromatic heterocycles. The van der Waals surface area contributed by atoms with Gasteiger partial charge in [0.15, 0.2) is 23.3 Å². The number of carbonyl (C=O) groups is 1. The first-order chi connectivity index (χ1) is 14.7. The molecule has 1 aromatic carbocycles. The molecule has 1 fully saturated rings. The van der Waals surface area contributed by atoms with Crippen molar-refractivity contribution in [1.82, 2.24) is 0 Å². The second-order valence-electron chi connectivity index (χ2n) is 7.58. The molecule has 0 N–H and O–H groups in total. The highest BCUT2D eigenvalue weighted by molar-refractivity contribution is 6.30. The third kappa shape index (κ3) is 5.38. The van der Waals surface area contributed by atoms with E-state index in [4.69, 9.17) is 21.1 Å². The van der Waals surface area contributed by atoms with Crippen molar-refractivity contribution < 1.29 is 45.0 Å². The van der Waals surface area contributed by atoms with E-state index in [1.165, 1.54) is 20.8 Å². The number of halogens is 8. The topological polar surface area (TPSA) is 35.5 Å². The fourth-order valence-electron chi connectivity index (χ4n) is 3.18. The quantitative estimate of drug-likeness (QED) is 0.161.